The van der Waals surface area contributed by atoms with Crippen LogP contribution in [0.4, 0.5) is 0 Å². The third-order valence-electron chi connectivity index (χ3n) is 5.64. The normalized spacial score (nSPS) is 32.0. The summed E-state index contributed by atoms with van der Waals surface area (Å²) in [5.74, 6) is 2.09. The van der Waals surface area contributed by atoms with Gasteiger partial charge in [-0.15, -0.1) is 0 Å². The molecule has 126 valence electrons. The molecule has 1 heterocycles. The maximum Gasteiger partial charge on any atom is 0.226 e. The van der Waals surface area contributed by atoms with Gasteiger partial charge in [-0.25, -0.2) is 8.42 Å². The van der Waals surface area contributed by atoms with Gasteiger partial charge in [0, 0.05) is 32.1 Å². The van der Waals surface area contributed by atoms with Crippen molar-refractivity contribution in [2.45, 2.75) is 45.4 Å². The second-order valence-corrected chi connectivity index (χ2v) is 9.12. The number of hydrogen-bond donors (Lipinski definition) is 0. The molecule has 0 N–H and O–H groups in total. The highest BCUT2D eigenvalue weighted by molar-refractivity contribution is 7.89. The average Bonchev–Trinajstić information content (AvgIpc) is 2.99. The molecule has 0 aromatic heterocycles. The maximum absolute atomic E-state index is 12.5. The van der Waals surface area contributed by atoms with Crippen LogP contribution in [0, 0.1) is 17.8 Å². The van der Waals surface area contributed by atoms with E-state index in [-0.39, 0.29) is 17.6 Å². The SMILES string of the molecule is CCCCCS(=O)(=O)N1CCN(C(=O)C2[C@H]3CCC[C@H]23)CC1. The fourth-order valence-electron chi connectivity index (χ4n) is 4.25. The Morgan fingerprint density at radius 2 is 1.68 bits per heavy atom. The number of nitrogens with zero attached hydrogens (tertiary/aromatic N) is 2. The maximum atomic E-state index is 12.5. The molecular formula is C16H28N2O3S. The molecule has 0 aromatic carbocycles. The summed E-state index contributed by atoms with van der Waals surface area (Å²) >= 11 is 0. The largest absolute Gasteiger partial charge is 0.340 e. The van der Waals surface area contributed by atoms with E-state index in [0.717, 1.165) is 19.3 Å². The number of fused-ring (bicyclic) bond motifs is 1. The number of carbonyl (C=O) groups excluding carboxylic acids is 1. The zero-order valence-electron chi connectivity index (χ0n) is 13.5. The molecule has 2 aliphatic carbocycles. The summed E-state index contributed by atoms with van der Waals surface area (Å²) in [6, 6.07) is 0. The zero-order valence-corrected chi connectivity index (χ0v) is 14.4. The minimum Gasteiger partial charge on any atom is -0.340 e. The van der Waals surface area contributed by atoms with E-state index in [0.29, 0.717) is 38.0 Å². The molecule has 0 aromatic rings. The predicted octanol–water partition coefficient (Wildman–Crippen LogP) is 1.70. The van der Waals surface area contributed by atoms with Gasteiger partial charge in [0.15, 0.2) is 0 Å². The summed E-state index contributed by atoms with van der Waals surface area (Å²) in [7, 11) is -3.13. The van der Waals surface area contributed by atoms with E-state index < -0.39 is 10.0 Å². The molecule has 0 spiro atoms. The first-order chi connectivity index (χ1) is 10.5. The summed E-state index contributed by atoms with van der Waals surface area (Å²) in [6.07, 6.45) is 6.44. The summed E-state index contributed by atoms with van der Waals surface area (Å²) < 4.78 is 26.1. The van der Waals surface area contributed by atoms with E-state index >= 15 is 0 Å². The average molecular weight is 328 g/mol. The third kappa shape index (κ3) is 3.18. The Labute approximate surface area is 134 Å². The first kappa shape index (κ1) is 16.2. The summed E-state index contributed by atoms with van der Waals surface area (Å²) in [5, 5.41) is 0. The lowest BCUT2D eigenvalue weighted by molar-refractivity contribution is -0.134. The number of sulfonamides is 1. The molecule has 0 radical (unpaired) electrons. The first-order valence-electron chi connectivity index (χ1n) is 8.81. The van der Waals surface area contributed by atoms with Gasteiger partial charge in [0.25, 0.3) is 0 Å². The predicted molar refractivity (Wildman–Crippen MR) is 85.8 cm³/mol. The Balaban J connectivity index is 1.47. The minimum atomic E-state index is -3.13. The number of hydrogen-bond acceptors (Lipinski definition) is 3. The molecule has 0 unspecified atom stereocenters. The quantitative estimate of drug-likeness (QED) is 0.697. The van der Waals surface area contributed by atoms with E-state index in [1.807, 2.05) is 4.90 Å². The fraction of sp³-hybridized carbons (Fsp3) is 0.938. The monoisotopic (exact) mass is 328 g/mol. The van der Waals surface area contributed by atoms with Crippen molar-refractivity contribution in [1.29, 1.82) is 0 Å². The highest BCUT2D eigenvalue weighted by Crippen LogP contribution is 2.58. The molecule has 3 fully saturated rings. The molecule has 1 aliphatic heterocycles. The van der Waals surface area contributed by atoms with Crippen molar-refractivity contribution in [3.8, 4) is 0 Å². The molecule has 1 saturated heterocycles. The number of piperazine rings is 1. The van der Waals surface area contributed by atoms with Crippen LogP contribution < -0.4 is 0 Å². The lowest BCUT2D eigenvalue weighted by Gasteiger charge is -2.34. The van der Waals surface area contributed by atoms with Gasteiger partial charge in [-0.1, -0.05) is 26.2 Å². The second kappa shape index (κ2) is 6.48. The van der Waals surface area contributed by atoms with Gasteiger partial charge >= 0.3 is 0 Å². The zero-order chi connectivity index (χ0) is 15.7. The van der Waals surface area contributed by atoms with Gasteiger partial charge in [-0.05, 0) is 31.1 Å². The number of amides is 1. The second-order valence-electron chi connectivity index (χ2n) is 7.03. The van der Waals surface area contributed by atoms with Crippen LogP contribution in [0.1, 0.15) is 45.4 Å². The lowest BCUT2D eigenvalue weighted by Crippen LogP contribution is -2.51. The number of unbranched alkanes of at least 4 members (excludes halogenated alkanes) is 2. The summed E-state index contributed by atoms with van der Waals surface area (Å²) in [6.45, 7) is 4.16. The molecular weight excluding hydrogens is 300 g/mol. The van der Waals surface area contributed by atoms with Crippen molar-refractivity contribution in [2.24, 2.45) is 17.8 Å². The van der Waals surface area contributed by atoms with Crippen molar-refractivity contribution in [2.75, 3.05) is 31.9 Å². The first-order valence-corrected chi connectivity index (χ1v) is 10.4. The third-order valence-corrected chi connectivity index (χ3v) is 7.60. The van der Waals surface area contributed by atoms with Crippen LogP contribution in [0.25, 0.3) is 0 Å². The topological polar surface area (TPSA) is 57.7 Å². The van der Waals surface area contributed by atoms with E-state index in [1.165, 1.54) is 19.3 Å². The molecule has 2 atom stereocenters. The van der Waals surface area contributed by atoms with Crippen LogP contribution in [0.15, 0.2) is 0 Å². The van der Waals surface area contributed by atoms with E-state index in [9.17, 15) is 13.2 Å². The summed E-state index contributed by atoms with van der Waals surface area (Å²) in [5.41, 5.74) is 0. The highest BCUT2D eigenvalue weighted by atomic mass is 32.2. The van der Waals surface area contributed by atoms with Crippen LogP contribution >= 0.6 is 0 Å². The van der Waals surface area contributed by atoms with E-state index in [2.05, 4.69) is 6.92 Å². The molecule has 3 aliphatic rings. The molecule has 2 saturated carbocycles. The van der Waals surface area contributed by atoms with Crippen molar-refractivity contribution < 1.29 is 13.2 Å². The van der Waals surface area contributed by atoms with Crippen molar-refractivity contribution >= 4 is 15.9 Å². The van der Waals surface area contributed by atoms with E-state index in [1.54, 1.807) is 4.31 Å². The fourth-order valence-corrected chi connectivity index (χ4v) is 5.80. The Kier molecular flexibility index (Phi) is 4.78. The number of rotatable bonds is 6. The van der Waals surface area contributed by atoms with Crippen molar-refractivity contribution in [3.05, 3.63) is 0 Å². The van der Waals surface area contributed by atoms with Crippen LogP contribution in [-0.2, 0) is 14.8 Å². The Morgan fingerprint density at radius 3 is 2.27 bits per heavy atom. The van der Waals surface area contributed by atoms with Crippen LogP contribution in [-0.4, -0.2) is 55.5 Å². The van der Waals surface area contributed by atoms with Crippen molar-refractivity contribution in [1.82, 2.24) is 9.21 Å². The summed E-state index contributed by atoms with van der Waals surface area (Å²) in [4.78, 5) is 14.4. The molecule has 22 heavy (non-hydrogen) atoms. The van der Waals surface area contributed by atoms with Crippen molar-refractivity contribution in [3.63, 3.8) is 0 Å². The van der Waals surface area contributed by atoms with Crippen LogP contribution in [0.2, 0.25) is 0 Å². The Morgan fingerprint density at radius 1 is 1.05 bits per heavy atom. The molecule has 0 bridgehead atoms. The van der Waals surface area contributed by atoms with Crippen LogP contribution in [0.5, 0.6) is 0 Å². The molecule has 5 nitrogen and oxygen atoms in total. The van der Waals surface area contributed by atoms with E-state index in [4.69, 9.17) is 0 Å². The molecule has 3 rings (SSSR count). The van der Waals surface area contributed by atoms with Gasteiger partial charge < -0.3 is 4.90 Å². The number of carbonyl (C=O) groups is 1. The lowest BCUT2D eigenvalue weighted by atomic mass is 10.1. The standard InChI is InChI=1S/C16H28N2O3S/c1-2-3-4-12-22(20,21)18-10-8-17(9-11-18)16(19)15-13-6-5-7-14(13)15/h13-15H,2-12H2,1H3/t13-,14-/m0/s1. The van der Waals surface area contributed by atoms with Gasteiger partial charge in [-0.2, -0.15) is 4.31 Å². The smallest absolute Gasteiger partial charge is 0.226 e. The molecule has 6 heteroatoms. The van der Waals surface area contributed by atoms with Gasteiger partial charge in [-0.3, -0.25) is 4.79 Å². The Hall–Kier alpha value is -0.620. The van der Waals surface area contributed by atoms with Crippen LogP contribution in [0.3, 0.4) is 0 Å². The van der Waals surface area contributed by atoms with Gasteiger partial charge in [0.2, 0.25) is 15.9 Å². The highest BCUT2D eigenvalue weighted by Gasteiger charge is 2.57. The minimum absolute atomic E-state index is 0.252. The van der Waals surface area contributed by atoms with Gasteiger partial charge in [0.05, 0.1) is 5.75 Å². The van der Waals surface area contributed by atoms with Gasteiger partial charge in [0.1, 0.15) is 0 Å². The Bertz CT molecular complexity index is 501. The molecule has 1 amide bonds.